The summed E-state index contributed by atoms with van der Waals surface area (Å²) in [4.78, 5) is 11.5. The maximum absolute atomic E-state index is 11.5. The Bertz CT molecular complexity index is 385. The summed E-state index contributed by atoms with van der Waals surface area (Å²) in [7, 11) is 0. The first-order chi connectivity index (χ1) is 7.79. The lowest BCUT2D eigenvalue weighted by atomic mass is 10.1. The molecule has 1 rings (SSSR count). The van der Waals surface area contributed by atoms with E-state index in [2.05, 4.69) is 11.7 Å². The lowest BCUT2D eigenvalue weighted by molar-refractivity contribution is -0.135. The molecule has 4 nitrogen and oxygen atoms in total. The van der Waals surface area contributed by atoms with E-state index in [1.54, 1.807) is 30.3 Å². The van der Waals surface area contributed by atoms with Crippen LogP contribution in [0.2, 0.25) is 0 Å². The highest BCUT2D eigenvalue weighted by molar-refractivity contribution is 6.43. The van der Waals surface area contributed by atoms with Gasteiger partial charge in [0.15, 0.2) is 5.71 Å². The van der Waals surface area contributed by atoms with Crippen LogP contribution in [0.25, 0.3) is 0 Å². The number of carbonyl (C=O) groups is 1. The van der Waals surface area contributed by atoms with Gasteiger partial charge in [0.25, 0.3) is 0 Å². The first-order valence-corrected chi connectivity index (χ1v) is 4.85. The van der Waals surface area contributed by atoms with Gasteiger partial charge in [-0.2, -0.15) is 0 Å². The van der Waals surface area contributed by atoms with Crippen LogP contribution in [0.5, 0.6) is 0 Å². The number of oxime groups is 1. The molecule has 1 N–H and O–H groups in total. The van der Waals surface area contributed by atoms with E-state index in [9.17, 15) is 4.79 Å². The molecule has 0 radical (unpaired) electrons. The standard InChI is InChI=1S/C12H13NO3/c1-2-3-9-16-12(14)11(13-15)10-7-5-4-6-8-10/h2,4-8,15H,1,3,9H2/b13-11-. The largest absolute Gasteiger partial charge is 0.461 e. The number of nitrogens with zero attached hydrogens (tertiary/aromatic N) is 1. The summed E-state index contributed by atoms with van der Waals surface area (Å²) < 4.78 is 4.89. The Labute approximate surface area is 93.9 Å². The molecule has 0 aliphatic carbocycles. The lowest BCUT2D eigenvalue weighted by Crippen LogP contribution is -2.19. The van der Waals surface area contributed by atoms with E-state index in [0.717, 1.165) is 0 Å². The van der Waals surface area contributed by atoms with E-state index in [0.29, 0.717) is 12.0 Å². The zero-order valence-corrected chi connectivity index (χ0v) is 8.80. The van der Waals surface area contributed by atoms with Crippen LogP contribution in [0.15, 0.2) is 48.1 Å². The summed E-state index contributed by atoms with van der Waals surface area (Å²) in [6.07, 6.45) is 2.21. The first kappa shape index (κ1) is 12.0. The lowest BCUT2D eigenvalue weighted by Gasteiger charge is -2.04. The number of hydrogen-bond donors (Lipinski definition) is 1. The summed E-state index contributed by atoms with van der Waals surface area (Å²) in [6.45, 7) is 3.74. The van der Waals surface area contributed by atoms with E-state index in [1.165, 1.54) is 0 Å². The summed E-state index contributed by atoms with van der Waals surface area (Å²) in [5.41, 5.74) is 0.429. The van der Waals surface area contributed by atoms with Crippen molar-refractivity contribution in [2.45, 2.75) is 6.42 Å². The van der Waals surface area contributed by atoms with Crippen LogP contribution in [-0.2, 0) is 9.53 Å². The first-order valence-electron chi connectivity index (χ1n) is 4.85. The maximum Gasteiger partial charge on any atom is 0.361 e. The van der Waals surface area contributed by atoms with E-state index < -0.39 is 5.97 Å². The van der Waals surface area contributed by atoms with Crippen LogP contribution in [0.3, 0.4) is 0 Å². The second-order valence-corrected chi connectivity index (χ2v) is 3.03. The molecule has 0 fully saturated rings. The Balaban J connectivity index is 2.69. The maximum atomic E-state index is 11.5. The number of esters is 1. The van der Waals surface area contributed by atoms with Gasteiger partial charge in [0, 0.05) is 5.56 Å². The van der Waals surface area contributed by atoms with Crippen molar-refractivity contribution in [3.05, 3.63) is 48.6 Å². The van der Waals surface area contributed by atoms with Crippen LogP contribution >= 0.6 is 0 Å². The Morgan fingerprint density at radius 3 is 2.69 bits per heavy atom. The quantitative estimate of drug-likeness (QED) is 0.206. The van der Waals surface area contributed by atoms with E-state index >= 15 is 0 Å². The highest BCUT2D eigenvalue weighted by Gasteiger charge is 2.15. The highest BCUT2D eigenvalue weighted by atomic mass is 16.5. The average molecular weight is 219 g/mol. The minimum Gasteiger partial charge on any atom is -0.461 e. The molecule has 0 aliphatic rings. The summed E-state index contributed by atoms with van der Waals surface area (Å²) in [5, 5.41) is 11.7. The summed E-state index contributed by atoms with van der Waals surface area (Å²) in [5.74, 6) is -0.643. The van der Waals surface area contributed by atoms with Gasteiger partial charge in [-0.05, 0) is 6.42 Å². The molecule has 0 saturated heterocycles. The van der Waals surface area contributed by atoms with Crippen molar-refractivity contribution in [1.82, 2.24) is 0 Å². The SMILES string of the molecule is C=CCCOC(=O)/C(=N\O)c1ccccc1. The zero-order chi connectivity index (χ0) is 11.8. The molecule has 0 spiro atoms. The summed E-state index contributed by atoms with van der Waals surface area (Å²) >= 11 is 0. The second kappa shape index (κ2) is 6.40. The van der Waals surface area contributed by atoms with E-state index in [4.69, 9.17) is 9.94 Å². The molecular formula is C12H13NO3. The van der Waals surface area contributed by atoms with E-state index in [1.807, 2.05) is 6.07 Å². The molecule has 84 valence electrons. The minimum absolute atomic E-state index is 0.0929. The van der Waals surface area contributed by atoms with Crippen molar-refractivity contribution in [3.8, 4) is 0 Å². The van der Waals surface area contributed by atoms with Gasteiger partial charge < -0.3 is 9.94 Å². The highest BCUT2D eigenvalue weighted by Crippen LogP contribution is 2.03. The molecule has 0 aliphatic heterocycles. The number of ether oxygens (including phenoxy) is 1. The van der Waals surface area contributed by atoms with Crippen molar-refractivity contribution < 1.29 is 14.7 Å². The fraction of sp³-hybridized carbons (Fsp3) is 0.167. The fourth-order valence-corrected chi connectivity index (χ4v) is 1.12. The molecule has 0 aromatic heterocycles. The molecular weight excluding hydrogens is 206 g/mol. The van der Waals surface area contributed by atoms with Crippen LogP contribution in [-0.4, -0.2) is 23.5 Å². The predicted molar refractivity (Wildman–Crippen MR) is 60.5 cm³/mol. The number of rotatable bonds is 5. The second-order valence-electron chi connectivity index (χ2n) is 3.03. The van der Waals surface area contributed by atoms with Crippen LogP contribution < -0.4 is 0 Å². The zero-order valence-electron chi connectivity index (χ0n) is 8.80. The van der Waals surface area contributed by atoms with Crippen LogP contribution in [0.1, 0.15) is 12.0 Å². The van der Waals surface area contributed by atoms with Crippen LogP contribution in [0, 0.1) is 0 Å². The molecule has 0 atom stereocenters. The van der Waals surface area contributed by atoms with Crippen molar-refractivity contribution in [3.63, 3.8) is 0 Å². The Morgan fingerprint density at radius 1 is 1.44 bits per heavy atom. The van der Waals surface area contributed by atoms with Gasteiger partial charge in [-0.15, -0.1) is 6.58 Å². The Hall–Kier alpha value is -2.10. The molecule has 0 saturated carbocycles. The molecule has 1 aromatic carbocycles. The molecule has 0 unspecified atom stereocenters. The van der Waals surface area contributed by atoms with Crippen molar-refractivity contribution >= 4 is 11.7 Å². The minimum atomic E-state index is -0.643. The van der Waals surface area contributed by atoms with Crippen molar-refractivity contribution in [2.75, 3.05) is 6.61 Å². The number of hydrogen-bond acceptors (Lipinski definition) is 4. The molecule has 4 heteroatoms. The van der Waals surface area contributed by atoms with Gasteiger partial charge in [0.05, 0.1) is 6.61 Å². The van der Waals surface area contributed by atoms with Gasteiger partial charge in [0.2, 0.25) is 0 Å². The van der Waals surface area contributed by atoms with Crippen molar-refractivity contribution in [2.24, 2.45) is 5.16 Å². The van der Waals surface area contributed by atoms with Gasteiger partial charge in [-0.25, -0.2) is 4.79 Å². The van der Waals surface area contributed by atoms with Crippen LogP contribution in [0.4, 0.5) is 0 Å². The van der Waals surface area contributed by atoms with Gasteiger partial charge in [0.1, 0.15) is 0 Å². The average Bonchev–Trinajstić information content (AvgIpc) is 2.32. The Morgan fingerprint density at radius 2 is 2.12 bits per heavy atom. The molecule has 0 heterocycles. The van der Waals surface area contributed by atoms with Gasteiger partial charge >= 0.3 is 5.97 Å². The molecule has 0 amide bonds. The van der Waals surface area contributed by atoms with E-state index in [-0.39, 0.29) is 12.3 Å². The normalized spacial score (nSPS) is 10.9. The molecule has 0 bridgehead atoms. The predicted octanol–water partition coefficient (Wildman–Crippen LogP) is 1.98. The fourth-order valence-electron chi connectivity index (χ4n) is 1.12. The molecule has 1 aromatic rings. The van der Waals surface area contributed by atoms with Gasteiger partial charge in [-0.1, -0.05) is 41.6 Å². The van der Waals surface area contributed by atoms with Crippen molar-refractivity contribution in [1.29, 1.82) is 0 Å². The Kier molecular flexibility index (Phi) is 4.79. The third kappa shape index (κ3) is 3.24. The third-order valence-electron chi connectivity index (χ3n) is 1.90. The topological polar surface area (TPSA) is 58.9 Å². The monoisotopic (exact) mass is 219 g/mol. The summed E-state index contributed by atoms with van der Waals surface area (Å²) in [6, 6.07) is 8.64. The molecule has 16 heavy (non-hydrogen) atoms. The third-order valence-corrected chi connectivity index (χ3v) is 1.90. The smallest absolute Gasteiger partial charge is 0.361 e. The number of carbonyl (C=O) groups excluding carboxylic acids is 1. The number of benzene rings is 1. The van der Waals surface area contributed by atoms with Gasteiger partial charge in [-0.3, -0.25) is 0 Å².